The predicted molar refractivity (Wildman–Crippen MR) is 71.1 cm³/mol. The zero-order chi connectivity index (χ0) is 12.3. The van der Waals surface area contributed by atoms with Crippen molar-refractivity contribution in [2.45, 2.75) is 6.92 Å². The molecule has 5 heteroatoms. The third-order valence-corrected chi connectivity index (χ3v) is 2.62. The van der Waals surface area contributed by atoms with E-state index < -0.39 is 0 Å². The Morgan fingerprint density at radius 3 is 2.59 bits per heavy atom. The van der Waals surface area contributed by atoms with Crippen LogP contribution in [0.3, 0.4) is 0 Å². The van der Waals surface area contributed by atoms with Gasteiger partial charge in [0.1, 0.15) is 18.0 Å². The Hall–Kier alpha value is -1.81. The lowest BCUT2D eigenvalue weighted by atomic mass is 10.2. The molecule has 0 unspecified atom stereocenters. The van der Waals surface area contributed by atoms with Crippen LogP contribution in [0.4, 0.5) is 17.3 Å². The van der Waals surface area contributed by atoms with Crippen molar-refractivity contribution in [3.8, 4) is 0 Å². The number of benzene rings is 1. The SMILES string of the molecule is CNc1cc(Nc2ccc(C)cc2Cl)ncn1. The first-order valence-corrected chi connectivity index (χ1v) is 5.60. The fraction of sp³-hybridized carbons (Fsp3) is 0.167. The monoisotopic (exact) mass is 248 g/mol. The lowest BCUT2D eigenvalue weighted by Gasteiger charge is -2.08. The Bertz CT molecular complexity index is 528. The smallest absolute Gasteiger partial charge is 0.135 e. The summed E-state index contributed by atoms with van der Waals surface area (Å²) in [5, 5.41) is 6.78. The number of hydrogen-bond acceptors (Lipinski definition) is 4. The summed E-state index contributed by atoms with van der Waals surface area (Å²) in [7, 11) is 1.81. The van der Waals surface area contributed by atoms with Crippen LogP contribution in [0.15, 0.2) is 30.6 Å². The topological polar surface area (TPSA) is 49.8 Å². The Labute approximate surface area is 105 Å². The quantitative estimate of drug-likeness (QED) is 0.876. The second kappa shape index (κ2) is 5.01. The van der Waals surface area contributed by atoms with E-state index in [0.717, 1.165) is 17.1 Å². The minimum Gasteiger partial charge on any atom is -0.373 e. The molecule has 1 aromatic heterocycles. The van der Waals surface area contributed by atoms with Crippen molar-refractivity contribution in [3.05, 3.63) is 41.2 Å². The molecule has 0 radical (unpaired) electrons. The van der Waals surface area contributed by atoms with Crippen molar-refractivity contribution in [1.82, 2.24) is 9.97 Å². The van der Waals surface area contributed by atoms with Crippen molar-refractivity contribution in [2.75, 3.05) is 17.7 Å². The number of rotatable bonds is 3. The highest BCUT2D eigenvalue weighted by Gasteiger charge is 2.02. The zero-order valence-electron chi connectivity index (χ0n) is 9.66. The molecule has 0 aliphatic rings. The fourth-order valence-corrected chi connectivity index (χ4v) is 1.70. The maximum absolute atomic E-state index is 6.13. The summed E-state index contributed by atoms with van der Waals surface area (Å²) in [6, 6.07) is 7.65. The van der Waals surface area contributed by atoms with Crippen LogP contribution in [-0.2, 0) is 0 Å². The fourth-order valence-electron chi connectivity index (χ4n) is 1.42. The lowest BCUT2D eigenvalue weighted by molar-refractivity contribution is 1.16. The van der Waals surface area contributed by atoms with E-state index in [1.54, 1.807) is 0 Å². The first-order valence-electron chi connectivity index (χ1n) is 5.22. The van der Waals surface area contributed by atoms with Crippen LogP contribution in [0.2, 0.25) is 5.02 Å². The molecule has 0 atom stereocenters. The van der Waals surface area contributed by atoms with Crippen LogP contribution in [-0.4, -0.2) is 17.0 Å². The van der Waals surface area contributed by atoms with Crippen molar-refractivity contribution < 1.29 is 0 Å². The van der Waals surface area contributed by atoms with Gasteiger partial charge in [-0.1, -0.05) is 17.7 Å². The van der Waals surface area contributed by atoms with Gasteiger partial charge in [-0.15, -0.1) is 0 Å². The molecule has 2 rings (SSSR count). The van der Waals surface area contributed by atoms with E-state index in [9.17, 15) is 0 Å². The van der Waals surface area contributed by atoms with Crippen molar-refractivity contribution in [2.24, 2.45) is 0 Å². The largest absolute Gasteiger partial charge is 0.373 e. The first kappa shape index (κ1) is 11.7. The molecule has 1 aromatic carbocycles. The van der Waals surface area contributed by atoms with Gasteiger partial charge in [0.2, 0.25) is 0 Å². The van der Waals surface area contributed by atoms with Gasteiger partial charge in [0, 0.05) is 13.1 Å². The number of nitrogens with zero attached hydrogens (tertiary/aromatic N) is 2. The highest BCUT2D eigenvalue weighted by atomic mass is 35.5. The second-order valence-electron chi connectivity index (χ2n) is 3.65. The molecule has 0 aliphatic heterocycles. The summed E-state index contributed by atoms with van der Waals surface area (Å²) in [5.74, 6) is 1.46. The minimum absolute atomic E-state index is 0.676. The van der Waals surface area contributed by atoms with Crippen molar-refractivity contribution in [3.63, 3.8) is 0 Å². The van der Waals surface area contributed by atoms with Gasteiger partial charge in [0.05, 0.1) is 10.7 Å². The third-order valence-electron chi connectivity index (χ3n) is 2.31. The molecule has 1 heterocycles. The number of aromatic nitrogens is 2. The molecule has 88 valence electrons. The average Bonchev–Trinajstić information content (AvgIpc) is 2.33. The molecule has 0 fully saturated rings. The van der Waals surface area contributed by atoms with Crippen LogP contribution < -0.4 is 10.6 Å². The van der Waals surface area contributed by atoms with E-state index in [-0.39, 0.29) is 0 Å². The van der Waals surface area contributed by atoms with Gasteiger partial charge in [-0.3, -0.25) is 0 Å². The van der Waals surface area contributed by atoms with Gasteiger partial charge in [-0.2, -0.15) is 0 Å². The van der Waals surface area contributed by atoms with Gasteiger partial charge in [-0.05, 0) is 24.6 Å². The van der Waals surface area contributed by atoms with E-state index in [4.69, 9.17) is 11.6 Å². The van der Waals surface area contributed by atoms with Gasteiger partial charge >= 0.3 is 0 Å². The predicted octanol–water partition coefficient (Wildman–Crippen LogP) is 3.22. The van der Waals surface area contributed by atoms with E-state index in [1.165, 1.54) is 6.33 Å². The molecule has 0 saturated heterocycles. The Morgan fingerprint density at radius 1 is 1.12 bits per heavy atom. The molecule has 2 N–H and O–H groups in total. The normalized spacial score (nSPS) is 10.1. The Kier molecular flexibility index (Phi) is 3.44. The molecule has 17 heavy (non-hydrogen) atoms. The summed E-state index contributed by atoms with van der Waals surface area (Å²) in [5.41, 5.74) is 1.96. The van der Waals surface area contributed by atoms with E-state index in [2.05, 4.69) is 20.6 Å². The van der Waals surface area contributed by atoms with Gasteiger partial charge in [0.15, 0.2) is 0 Å². The molecule has 0 spiro atoms. The van der Waals surface area contributed by atoms with Gasteiger partial charge < -0.3 is 10.6 Å². The number of nitrogens with one attached hydrogen (secondary N) is 2. The van der Waals surface area contributed by atoms with E-state index in [1.807, 2.05) is 38.2 Å². The average molecular weight is 249 g/mol. The molecular formula is C12H13ClN4. The zero-order valence-corrected chi connectivity index (χ0v) is 10.4. The first-order chi connectivity index (χ1) is 8.19. The van der Waals surface area contributed by atoms with Gasteiger partial charge in [-0.25, -0.2) is 9.97 Å². The van der Waals surface area contributed by atoms with Crippen LogP contribution in [0, 0.1) is 6.92 Å². The molecule has 0 amide bonds. The Balaban J connectivity index is 2.25. The maximum atomic E-state index is 6.13. The van der Waals surface area contributed by atoms with E-state index in [0.29, 0.717) is 10.8 Å². The summed E-state index contributed by atoms with van der Waals surface area (Å²) in [6.07, 6.45) is 1.50. The van der Waals surface area contributed by atoms with Crippen LogP contribution in [0.25, 0.3) is 0 Å². The molecule has 2 aromatic rings. The molecular weight excluding hydrogens is 236 g/mol. The summed E-state index contributed by atoms with van der Waals surface area (Å²) < 4.78 is 0. The lowest BCUT2D eigenvalue weighted by Crippen LogP contribution is -1.98. The van der Waals surface area contributed by atoms with Crippen LogP contribution in [0.5, 0.6) is 0 Å². The summed E-state index contributed by atoms with van der Waals surface area (Å²) in [4.78, 5) is 8.17. The summed E-state index contributed by atoms with van der Waals surface area (Å²) >= 11 is 6.13. The standard InChI is InChI=1S/C12H13ClN4/c1-8-3-4-10(9(13)5-8)17-12-6-11(14-2)15-7-16-12/h3-7H,1-2H3,(H2,14,15,16,17). The minimum atomic E-state index is 0.676. The molecule has 0 saturated carbocycles. The molecule has 4 nitrogen and oxygen atoms in total. The highest BCUT2D eigenvalue weighted by Crippen LogP contribution is 2.25. The third kappa shape index (κ3) is 2.85. The molecule has 0 bridgehead atoms. The number of halogens is 1. The van der Waals surface area contributed by atoms with Gasteiger partial charge in [0.25, 0.3) is 0 Å². The van der Waals surface area contributed by atoms with Crippen molar-refractivity contribution in [1.29, 1.82) is 0 Å². The number of hydrogen-bond donors (Lipinski definition) is 2. The van der Waals surface area contributed by atoms with Crippen LogP contribution in [0.1, 0.15) is 5.56 Å². The number of aryl methyl sites for hydroxylation is 1. The summed E-state index contributed by atoms with van der Waals surface area (Å²) in [6.45, 7) is 2.00. The Morgan fingerprint density at radius 2 is 1.88 bits per heavy atom. The maximum Gasteiger partial charge on any atom is 0.135 e. The molecule has 0 aliphatic carbocycles. The number of anilines is 3. The van der Waals surface area contributed by atoms with Crippen LogP contribution >= 0.6 is 11.6 Å². The van der Waals surface area contributed by atoms with E-state index >= 15 is 0 Å². The second-order valence-corrected chi connectivity index (χ2v) is 4.05. The van der Waals surface area contributed by atoms with Crippen molar-refractivity contribution >= 4 is 28.9 Å². The highest BCUT2D eigenvalue weighted by molar-refractivity contribution is 6.33.